The molecule has 41 heavy (non-hydrogen) atoms. The van der Waals surface area contributed by atoms with E-state index in [9.17, 15) is 4.79 Å². The summed E-state index contributed by atoms with van der Waals surface area (Å²) in [6.07, 6.45) is 2.25. The Morgan fingerprint density at radius 2 is 1.59 bits per heavy atom. The number of thioether (sulfide) groups is 1. The molecule has 0 saturated carbocycles. The molecule has 208 valence electrons. The Morgan fingerprint density at radius 1 is 0.878 bits per heavy atom. The van der Waals surface area contributed by atoms with Gasteiger partial charge in [0.05, 0.1) is 23.1 Å². The Labute approximate surface area is 245 Å². The highest BCUT2D eigenvalue weighted by Crippen LogP contribution is 2.32. The van der Waals surface area contributed by atoms with Gasteiger partial charge in [-0.3, -0.25) is 4.79 Å². The van der Waals surface area contributed by atoms with Crippen LogP contribution in [0.4, 0.5) is 34.9 Å². The molecule has 10 nitrogen and oxygen atoms in total. The number of benzene rings is 3. The van der Waals surface area contributed by atoms with Crippen LogP contribution in [0.5, 0.6) is 5.75 Å². The number of nitrogens with one attached hydrogen (secondary N) is 3. The predicted octanol–water partition coefficient (Wildman–Crippen LogP) is 6.31. The lowest BCUT2D eigenvalue weighted by Gasteiger charge is -2.17. The number of rotatable bonds is 10. The number of ether oxygens (including phenoxy) is 1. The number of anilines is 6. The maximum absolute atomic E-state index is 12.5. The zero-order valence-corrected chi connectivity index (χ0v) is 24.0. The van der Waals surface area contributed by atoms with Crippen molar-refractivity contribution in [2.24, 2.45) is 0 Å². The van der Waals surface area contributed by atoms with E-state index in [1.807, 2.05) is 72.8 Å². The number of methoxy groups -OCH3 is 1. The van der Waals surface area contributed by atoms with Crippen LogP contribution in [0.1, 0.15) is 12.8 Å². The van der Waals surface area contributed by atoms with Crippen LogP contribution >= 0.6 is 23.1 Å². The first-order chi connectivity index (χ1) is 20.1. The molecule has 1 saturated heterocycles. The Balaban J connectivity index is 1.14. The highest BCUT2D eigenvalue weighted by Gasteiger charge is 2.18. The SMILES string of the molecule is COc1ccc(NC(=O)CSc2nc3ccc(Nc4nc(Nc5ccccc5)nc(N5CCCC5)n4)cc3s2)cc1. The van der Waals surface area contributed by atoms with E-state index in [4.69, 9.17) is 9.72 Å². The summed E-state index contributed by atoms with van der Waals surface area (Å²) >= 11 is 2.96. The van der Waals surface area contributed by atoms with E-state index in [1.165, 1.54) is 11.8 Å². The molecular weight excluding hydrogens is 557 g/mol. The van der Waals surface area contributed by atoms with Gasteiger partial charge in [0.25, 0.3) is 0 Å². The minimum Gasteiger partial charge on any atom is -0.497 e. The van der Waals surface area contributed by atoms with Crippen LogP contribution in [0.15, 0.2) is 77.1 Å². The quantitative estimate of drug-likeness (QED) is 0.161. The molecule has 12 heteroatoms. The van der Waals surface area contributed by atoms with Crippen molar-refractivity contribution in [1.82, 2.24) is 19.9 Å². The van der Waals surface area contributed by atoms with Gasteiger partial charge in [-0.25, -0.2) is 4.98 Å². The standard InChI is InChI=1S/C29H28N8O2S2/c1-39-22-12-9-20(10-13-22)30-25(38)18-40-29-33-23-14-11-21(17-24(23)41-29)32-27-34-26(31-19-7-3-2-4-8-19)35-28(36-27)37-15-5-6-16-37/h2-4,7-14,17H,5-6,15-16,18H2,1H3,(H,30,38)(H2,31,32,34,35,36). The summed E-state index contributed by atoms with van der Waals surface area (Å²) in [6.45, 7) is 1.86. The molecule has 3 heterocycles. The number of nitrogens with zero attached hydrogens (tertiary/aromatic N) is 5. The molecule has 2 aromatic heterocycles. The first kappa shape index (κ1) is 26.8. The van der Waals surface area contributed by atoms with Crippen molar-refractivity contribution in [3.8, 4) is 5.75 Å². The number of fused-ring (bicyclic) bond motifs is 1. The van der Waals surface area contributed by atoms with Crippen LogP contribution < -0.4 is 25.6 Å². The maximum Gasteiger partial charge on any atom is 0.234 e. The smallest absolute Gasteiger partial charge is 0.234 e. The van der Waals surface area contributed by atoms with Gasteiger partial charge in [-0.2, -0.15) is 15.0 Å². The fraction of sp³-hybridized carbons (Fsp3) is 0.207. The summed E-state index contributed by atoms with van der Waals surface area (Å²) < 4.78 is 6.99. The Bertz CT molecular complexity index is 1640. The van der Waals surface area contributed by atoms with E-state index in [0.29, 0.717) is 17.8 Å². The fourth-order valence-corrected chi connectivity index (χ4v) is 6.26. The average Bonchev–Trinajstić information content (AvgIpc) is 3.67. The maximum atomic E-state index is 12.5. The van der Waals surface area contributed by atoms with Gasteiger partial charge in [-0.1, -0.05) is 30.0 Å². The van der Waals surface area contributed by atoms with Crippen molar-refractivity contribution in [2.75, 3.05) is 46.8 Å². The molecule has 0 atom stereocenters. The average molecular weight is 585 g/mol. The van der Waals surface area contributed by atoms with Gasteiger partial charge in [-0.15, -0.1) is 11.3 Å². The largest absolute Gasteiger partial charge is 0.497 e. The molecule has 0 radical (unpaired) electrons. The van der Waals surface area contributed by atoms with Crippen molar-refractivity contribution in [3.05, 3.63) is 72.8 Å². The zero-order valence-electron chi connectivity index (χ0n) is 22.3. The highest BCUT2D eigenvalue weighted by molar-refractivity contribution is 8.01. The third kappa shape index (κ3) is 6.84. The van der Waals surface area contributed by atoms with Crippen molar-refractivity contribution >= 4 is 74.1 Å². The molecule has 0 bridgehead atoms. The molecule has 1 aliphatic heterocycles. The monoisotopic (exact) mass is 584 g/mol. The lowest BCUT2D eigenvalue weighted by Crippen LogP contribution is -2.21. The van der Waals surface area contributed by atoms with Crippen LogP contribution in [-0.4, -0.2) is 51.8 Å². The second kappa shape index (κ2) is 12.4. The molecule has 0 aliphatic carbocycles. The second-order valence-corrected chi connectivity index (χ2v) is 11.6. The van der Waals surface area contributed by atoms with Crippen LogP contribution in [0.25, 0.3) is 10.2 Å². The molecule has 3 N–H and O–H groups in total. The fourth-order valence-electron chi connectivity index (χ4n) is 4.36. The predicted molar refractivity (Wildman–Crippen MR) is 166 cm³/mol. The first-order valence-corrected chi connectivity index (χ1v) is 15.0. The van der Waals surface area contributed by atoms with Gasteiger partial charge < -0.3 is 25.6 Å². The topological polar surface area (TPSA) is 117 Å². The molecule has 0 spiro atoms. The van der Waals surface area contributed by atoms with E-state index >= 15 is 0 Å². The van der Waals surface area contributed by atoms with E-state index in [0.717, 1.165) is 63.3 Å². The third-order valence-electron chi connectivity index (χ3n) is 6.37. The van der Waals surface area contributed by atoms with Gasteiger partial charge in [0, 0.05) is 30.2 Å². The Kier molecular flexibility index (Phi) is 8.10. The lowest BCUT2D eigenvalue weighted by atomic mass is 10.3. The number of carbonyl (C=O) groups excluding carboxylic acids is 1. The van der Waals surface area contributed by atoms with E-state index < -0.39 is 0 Å². The van der Waals surface area contributed by atoms with Crippen molar-refractivity contribution in [3.63, 3.8) is 0 Å². The van der Waals surface area contributed by atoms with Crippen LogP contribution in [0, 0.1) is 0 Å². The van der Waals surface area contributed by atoms with Gasteiger partial charge >= 0.3 is 0 Å². The van der Waals surface area contributed by atoms with E-state index in [-0.39, 0.29) is 11.7 Å². The van der Waals surface area contributed by atoms with E-state index in [2.05, 4.69) is 35.8 Å². The summed E-state index contributed by atoms with van der Waals surface area (Å²) in [5, 5.41) is 9.55. The lowest BCUT2D eigenvalue weighted by molar-refractivity contribution is -0.113. The number of aromatic nitrogens is 4. The summed E-state index contributed by atoms with van der Waals surface area (Å²) in [6, 6.07) is 23.0. The summed E-state index contributed by atoms with van der Waals surface area (Å²) in [4.78, 5) is 33.4. The van der Waals surface area contributed by atoms with Crippen LogP contribution in [-0.2, 0) is 4.79 Å². The molecular formula is C29H28N8O2S2. The molecule has 0 unspecified atom stereocenters. The molecule has 6 rings (SSSR count). The minimum atomic E-state index is -0.0923. The number of para-hydroxylation sites is 1. The number of hydrogen-bond acceptors (Lipinski definition) is 11. The summed E-state index contributed by atoms with van der Waals surface area (Å²) in [7, 11) is 1.61. The zero-order chi connectivity index (χ0) is 28.0. The number of hydrogen-bond donors (Lipinski definition) is 3. The Morgan fingerprint density at radius 3 is 2.32 bits per heavy atom. The van der Waals surface area contributed by atoms with E-state index in [1.54, 1.807) is 18.4 Å². The number of thiazole rings is 1. The third-order valence-corrected chi connectivity index (χ3v) is 8.53. The minimum absolute atomic E-state index is 0.0923. The molecule has 1 fully saturated rings. The summed E-state index contributed by atoms with van der Waals surface area (Å²) in [5.41, 5.74) is 3.35. The Hall–Kier alpha value is -4.42. The molecule has 5 aromatic rings. The second-order valence-electron chi connectivity index (χ2n) is 9.32. The van der Waals surface area contributed by atoms with Gasteiger partial charge in [0.15, 0.2) is 4.34 Å². The first-order valence-electron chi connectivity index (χ1n) is 13.2. The highest BCUT2D eigenvalue weighted by atomic mass is 32.2. The van der Waals surface area contributed by atoms with Gasteiger partial charge in [0.1, 0.15) is 5.75 Å². The molecule has 1 aliphatic rings. The summed E-state index contributed by atoms with van der Waals surface area (Å²) in [5.74, 6) is 2.52. The van der Waals surface area contributed by atoms with Crippen molar-refractivity contribution < 1.29 is 9.53 Å². The van der Waals surface area contributed by atoms with Gasteiger partial charge in [-0.05, 0) is 67.4 Å². The number of carbonyl (C=O) groups is 1. The van der Waals surface area contributed by atoms with Crippen LogP contribution in [0.3, 0.4) is 0 Å². The van der Waals surface area contributed by atoms with Crippen molar-refractivity contribution in [2.45, 2.75) is 17.2 Å². The molecule has 1 amide bonds. The number of amides is 1. The van der Waals surface area contributed by atoms with Crippen molar-refractivity contribution in [1.29, 1.82) is 0 Å². The van der Waals surface area contributed by atoms with Crippen LogP contribution in [0.2, 0.25) is 0 Å². The normalized spacial score (nSPS) is 12.9. The van der Waals surface area contributed by atoms with Gasteiger partial charge in [0.2, 0.25) is 23.8 Å². The molecule has 3 aromatic carbocycles.